The molecule has 3 rings (SSSR count). The molecule has 152 valence electrons. The fraction of sp³-hybridized carbons (Fsp3) is 0.579. The van der Waals surface area contributed by atoms with E-state index in [1.165, 1.54) is 0 Å². The first-order chi connectivity index (χ1) is 13.1. The van der Waals surface area contributed by atoms with E-state index in [1.54, 1.807) is 4.90 Å². The smallest absolute Gasteiger partial charge is 0.410 e. The maximum atomic E-state index is 12.3. The van der Waals surface area contributed by atoms with Crippen molar-refractivity contribution in [1.29, 1.82) is 0 Å². The number of nitrogens with zero attached hydrogens (tertiary/aromatic N) is 4. The number of pyridine rings is 1. The fourth-order valence-electron chi connectivity index (χ4n) is 3.13. The predicted octanol–water partition coefficient (Wildman–Crippen LogP) is 2.27. The molecule has 1 fully saturated rings. The van der Waals surface area contributed by atoms with E-state index in [-0.39, 0.29) is 12.2 Å². The van der Waals surface area contributed by atoms with Crippen LogP contribution in [0.1, 0.15) is 32.0 Å². The minimum Gasteiger partial charge on any atom is -0.444 e. The average molecular weight is 388 g/mol. The van der Waals surface area contributed by atoms with Gasteiger partial charge in [-0.2, -0.15) is 9.97 Å². The van der Waals surface area contributed by atoms with Gasteiger partial charge in [0.2, 0.25) is 5.95 Å². The van der Waals surface area contributed by atoms with Crippen LogP contribution in [0.5, 0.6) is 0 Å². The van der Waals surface area contributed by atoms with Crippen molar-refractivity contribution in [2.75, 3.05) is 37.3 Å². The lowest BCUT2D eigenvalue weighted by atomic mass is 10.1. The third-order valence-electron chi connectivity index (χ3n) is 4.30. The van der Waals surface area contributed by atoms with Gasteiger partial charge in [-0.1, -0.05) is 0 Å². The second-order valence-electron chi connectivity index (χ2n) is 8.01. The first-order valence-electron chi connectivity index (χ1n) is 9.37. The van der Waals surface area contributed by atoms with Gasteiger partial charge in [0, 0.05) is 18.8 Å². The summed E-state index contributed by atoms with van der Waals surface area (Å²) in [5.41, 5.74) is 8.01. The number of amides is 1. The number of nitrogens with two attached hydrogens (primary N) is 1. The van der Waals surface area contributed by atoms with Crippen LogP contribution in [0.2, 0.25) is 0 Å². The fourth-order valence-corrected chi connectivity index (χ4v) is 3.13. The van der Waals surface area contributed by atoms with E-state index in [9.17, 15) is 4.79 Å². The Balaban J connectivity index is 1.66. The number of morpholine rings is 1. The van der Waals surface area contributed by atoms with E-state index in [1.807, 2.05) is 40.7 Å². The molecule has 0 bridgehead atoms. The molecule has 1 aliphatic heterocycles. The summed E-state index contributed by atoms with van der Waals surface area (Å²) < 4.78 is 11.2. The number of carbonyl (C=O) groups excluding carboxylic acids is 1. The summed E-state index contributed by atoms with van der Waals surface area (Å²) in [5, 5.41) is 3.91. The number of hydrogen-bond acceptors (Lipinski definition) is 8. The number of carbonyl (C=O) groups is 1. The Bertz CT molecular complexity index is 880. The topological polar surface area (TPSA) is 115 Å². The van der Waals surface area contributed by atoms with Crippen LogP contribution in [-0.2, 0) is 9.47 Å². The van der Waals surface area contributed by atoms with Gasteiger partial charge in [-0.15, -0.1) is 0 Å². The maximum Gasteiger partial charge on any atom is 0.410 e. The zero-order chi connectivity index (χ0) is 20.5. The summed E-state index contributed by atoms with van der Waals surface area (Å²) in [4.78, 5) is 27.2. The molecular formula is C19H28N6O3. The summed E-state index contributed by atoms with van der Waals surface area (Å²) in [6, 6.07) is 1.95. The summed E-state index contributed by atoms with van der Waals surface area (Å²) in [6.45, 7) is 11.3. The molecule has 0 aliphatic carbocycles. The van der Waals surface area contributed by atoms with Gasteiger partial charge in [-0.3, -0.25) is 0 Å². The molecule has 0 unspecified atom stereocenters. The van der Waals surface area contributed by atoms with Gasteiger partial charge < -0.3 is 25.4 Å². The Labute approximate surface area is 164 Å². The molecule has 2 aromatic rings. The van der Waals surface area contributed by atoms with Crippen LogP contribution in [0.4, 0.5) is 16.6 Å². The zero-order valence-corrected chi connectivity index (χ0v) is 17.1. The average Bonchev–Trinajstić information content (AvgIpc) is 2.58. The summed E-state index contributed by atoms with van der Waals surface area (Å²) >= 11 is 0. The van der Waals surface area contributed by atoms with Gasteiger partial charge in [0.05, 0.1) is 24.6 Å². The van der Waals surface area contributed by atoms with Crippen LogP contribution in [0.25, 0.3) is 11.0 Å². The molecule has 1 atom stereocenters. The summed E-state index contributed by atoms with van der Waals surface area (Å²) in [5.74, 6) is 0.776. The minimum atomic E-state index is -0.525. The van der Waals surface area contributed by atoms with E-state index in [4.69, 9.17) is 15.2 Å². The Hall–Kier alpha value is -2.68. The van der Waals surface area contributed by atoms with Crippen molar-refractivity contribution in [3.63, 3.8) is 0 Å². The molecule has 9 nitrogen and oxygen atoms in total. The highest BCUT2D eigenvalue weighted by Gasteiger charge is 2.28. The van der Waals surface area contributed by atoms with Crippen molar-refractivity contribution in [2.24, 2.45) is 0 Å². The number of nitrogens with one attached hydrogen (secondary N) is 1. The van der Waals surface area contributed by atoms with E-state index < -0.39 is 5.60 Å². The Morgan fingerprint density at radius 2 is 2.11 bits per heavy atom. The van der Waals surface area contributed by atoms with Gasteiger partial charge >= 0.3 is 6.09 Å². The van der Waals surface area contributed by atoms with Crippen LogP contribution in [0.15, 0.2) is 6.07 Å². The van der Waals surface area contributed by atoms with Gasteiger partial charge in [-0.05, 0) is 46.2 Å². The van der Waals surface area contributed by atoms with Gasteiger partial charge in [-0.25, -0.2) is 9.78 Å². The van der Waals surface area contributed by atoms with Crippen LogP contribution < -0.4 is 11.1 Å². The molecule has 1 aliphatic rings. The number of aryl methyl sites for hydroxylation is 2. The molecule has 3 N–H and O–H groups in total. The molecule has 3 heterocycles. The summed E-state index contributed by atoms with van der Waals surface area (Å²) in [7, 11) is 0. The van der Waals surface area contributed by atoms with Crippen molar-refractivity contribution in [1.82, 2.24) is 19.9 Å². The number of fused-ring (bicyclic) bond motifs is 1. The molecule has 1 saturated heterocycles. The van der Waals surface area contributed by atoms with E-state index in [2.05, 4.69) is 20.3 Å². The number of hydrogen-bond donors (Lipinski definition) is 2. The Morgan fingerprint density at radius 3 is 2.82 bits per heavy atom. The lowest BCUT2D eigenvalue weighted by Crippen LogP contribution is -2.49. The van der Waals surface area contributed by atoms with E-state index >= 15 is 0 Å². The van der Waals surface area contributed by atoms with E-state index in [0.717, 1.165) is 16.6 Å². The van der Waals surface area contributed by atoms with Crippen LogP contribution >= 0.6 is 0 Å². The third-order valence-corrected chi connectivity index (χ3v) is 4.30. The monoisotopic (exact) mass is 388 g/mol. The third kappa shape index (κ3) is 4.78. The molecule has 28 heavy (non-hydrogen) atoms. The quantitative estimate of drug-likeness (QED) is 0.823. The molecule has 0 aromatic carbocycles. The standard InChI is InChI=1S/C19H28N6O3/c1-11-8-12(2)22-16-14(11)15(20)23-17(24-16)21-9-13-10-25(6-7-27-13)18(26)28-19(3,4)5/h8,13H,6-7,9-10H2,1-5H3,(H3,20,21,22,23,24)/t13-/m0/s1. The van der Waals surface area contributed by atoms with Crippen LogP contribution in [0, 0.1) is 13.8 Å². The van der Waals surface area contributed by atoms with Crippen molar-refractivity contribution in [3.8, 4) is 0 Å². The highest BCUT2D eigenvalue weighted by molar-refractivity contribution is 5.89. The van der Waals surface area contributed by atoms with Crippen LogP contribution in [-0.4, -0.2) is 63.9 Å². The second-order valence-corrected chi connectivity index (χ2v) is 8.01. The van der Waals surface area contributed by atoms with Crippen LogP contribution in [0.3, 0.4) is 0 Å². The number of ether oxygens (including phenoxy) is 2. The predicted molar refractivity (Wildman–Crippen MR) is 107 cm³/mol. The maximum absolute atomic E-state index is 12.3. The van der Waals surface area contributed by atoms with Gasteiger partial charge in [0.1, 0.15) is 11.4 Å². The molecule has 2 aromatic heterocycles. The van der Waals surface area contributed by atoms with Crippen molar-refractivity contribution in [3.05, 3.63) is 17.3 Å². The lowest BCUT2D eigenvalue weighted by Gasteiger charge is -2.34. The van der Waals surface area contributed by atoms with E-state index in [0.29, 0.717) is 43.7 Å². The normalized spacial score (nSPS) is 17.6. The molecule has 0 saturated carbocycles. The molecule has 0 radical (unpaired) electrons. The Morgan fingerprint density at radius 1 is 1.36 bits per heavy atom. The second kappa shape index (κ2) is 7.75. The van der Waals surface area contributed by atoms with Gasteiger partial charge in [0.25, 0.3) is 0 Å². The number of rotatable bonds is 3. The summed E-state index contributed by atoms with van der Waals surface area (Å²) in [6.07, 6.45) is -0.531. The van der Waals surface area contributed by atoms with Crippen molar-refractivity contribution in [2.45, 2.75) is 46.3 Å². The first kappa shape index (κ1) is 20.1. The minimum absolute atomic E-state index is 0.200. The molecular weight excluding hydrogens is 360 g/mol. The van der Waals surface area contributed by atoms with Crippen molar-refractivity contribution < 1.29 is 14.3 Å². The molecule has 9 heteroatoms. The molecule has 0 spiro atoms. The number of aromatic nitrogens is 3. The first-order valence-corrected chi connectivity index (χ1v) is 9.37. The highest BCUT2D eigenvalue weighted by atomic mass is 16.6. The zero-order valence-electron chi connectivity index (χ0n) is 17.1. The SMILES string of the molecule is Cc1cc(C)c2c(N)nc(NC[C@H]3CN(C(=O)OC(C)(C)C)CCO3)nc2n1. The highest BCUT2D eigenvalue weighted by Crippen LogP contribution is 2.22. The lowest BCUT2D eigenvalue weighted by molar-refractivity contribution is -0.0371. The molecule has 1 amide bonds. The largest absolute Gasteiger partial charge is 0.444 e. The van der Waals surface area contributed by atoms with Gasteiger partial charge in [0.15, 0.2) is 5.65 Å². The Kier molecular flexibility index (Phi) is 5.55. The number of anilines is 2. The van der Waals surface area contributed by atoms with Crippen molar-refractivity contribution >= 4 is 28.9 Å². The number of nitrogen functional groups attached to an aromatic ring is 1.